The molecule has 0 bridgehead atoms. The van der Waals surface area contributed by atoms with E-state index in [0.29, 0.717) is 31.6 Å². The lowest BCUT2D eigenvalue weighted by Crippen LogP contribution is -2.63. The Morgan fingerprint density at radius 2 is 1.46 bits per heavy atom. The molecule has 0 radical (unpaired) electrons. The van der Waals surface area contributed by atoms with Gasteiger partial charge in [-0.25, -0.2) is 14.0 Å². The summed E-state index contributed by atoms with van der Waals surface area (Å²) in [7, 11) is 0. The summed E-state index contributed by atoms with van der Waals surface area (Å²) in [5.41, 5.74) is 5.70. The highest BCUT2D eigenvalue weighted by Gasteiger charge is 2.45. The summed E-state index contributed by atoms with van der Waals surface area (Å²) in [5, 5.41) is 19.4. The van der Waals surface area contributed by atoms with Crippen LogP contribution in [0.1, 0.15) is 52.8 Å². The van der Waals surface area contributed by atoms with E-state index in [2.05, 4.69) is 10.2 Å². The fourth-order valence-corrected chi connectivity index (χ4v) is 5.03. The maximum absolute atomic E-state index is 13.9. The summed E-state index contributed by atoms with van der Waals surface area (Å²) >= 11 is 0. The van der Waals surface area contributed by atoms with E-state index in [4.69, 9.17) is 15.6 Å². The Labute approximate surface area is 232 Å². The van der Waals surface area contributed by atoms with Gasteiger partial charge in [0, 0.05) is 18.8 Å². The van der Waals surface area contributed by atoms with Crippen LogP contribution in [-0.2, 0) is 9.59 Å². The predicted molar refractivity (Wildman–Crippen MR) is 140 cm³/mol. The number of aliphatic carboxylic acids is 1. The van der Waals surface area contributed by atoms with Crippen molar-refractivity contribution in [3.05, 3.63) is 59.4 Å². The summed E-state index contributed by atoms with van der Waals surface area (Å²) in [6.07, 6.45) is -0.677. The third-order valence-electron chi connectivity index (χ3n) is 7.22. The van der Waals surface area contributed by atoms with Crippen molar-refractivity contribution in [3.8, 4) is 0 Å². The maximum Gasteiger partial charge on any atom is 0.490 e. The minimum absolute atomic E-state index is 0.0845. The van der Waals surface area contributed by atoms with Gasteiger partial charge in [-0.3, -0.25) is 14.5 Å². The van der Waals surface area contributed by atoms with Gasteiger partial charge in [-0.15, -0.1) is 0 Å². The Kier molecular flexibility index (Phi) is 9.92. The van der Waals surface area contributed by atoms with Crippen molar-refractivity contribution in [3.63, 3.8) is 0 Å². The van der Waals surface area contributed by atoms with E-state index in [1.807, 2.05) is 4.90 Å². The Morgan fingerprint density at radius 3 is 1.98 bits per heavy atom. The molecule has 0 unspecified atom stereocenters. The Hall–Kier alpha value is -4.20. The monoisotopic (exact) mass is 582 g/mol. The number of carbonyl (C=O) groups is 4. The molecule has 0 aliphatic carbocycles. The van der Waals surface area contributed by atoms with Crippen LogP contribution in [-0.4, -0.2) is 76.8 Å². The number of piperidine rings is 2. The van der Waals surface area contributed by atoms with Gasteiger partial charge in [-0.2, -0.15) is 13.2 Å². The van der Waals surface area contributed by atoms with E-state index in [0.717, 1.165) is 32.4 Å². The number of alkyl halides is 3. The molecule has 0 spiro atoms. The number of likely N-dealkylation sites (tertiary alicyclic amines) is 1. The largest absolute Gasteiger partial charge is 0.490 e. The zero-order valence-corrected chi connectivity index (χ0v) is 21.9. The fourth-order valence-electron chi connectivity index (χ4n) is 5.03. The molecule has 2 aromatic rings. The second kappa shape index (κ2) is 13.0. The summed E-state index contributed by atoms with van der Waals surface area (Å²) in [6, 6.07) is 10.2. The van der Waals surface area contributed by atoms with Gasteiger partial charge in [-0.05, 0) is 69.1 Å². The average Bonchev–Trinajstić information content (AvgIpc) is 2.93. The van der Waals surface area contributed by atoms with Crippen molar-refractivity contribution in [1.29, 1.82) is 0 Å². The first-order valence-electron chi connectivity index (χ1n) is 12.8. The van der Waals surface area contributed by atoms with Crippen LogP contribution in [0.25, 0.3) is 0 Å². The van der Waals surface area contributed by atoms with Gasteiger partial charge >= 0.3 is 18.1 Å². The molecule has 0 atom stereocenters. The van der Waals surface area contributed by atoms with Crippen molar-refractivity contribution in [2.75, 3.05) is 36.4 Å². The number of primary amides is 1. The fraction of sp³-hybridized carbons (Fsp3) is 0.407. The van der Waals surface area contributed by atoms with E-state index >= 15 is 0 Å². The zero-order chi connectivity index (χ0) is 30.4. The minimum Gasteiger partial charge on any atom is -0.478 e. The lowest BCUT2D eigenvalue weighted by atomic mass is 9.83. The first-order chi connectivity index (χ1) is 19.3. The number of nitrogens with one attached hydrogen (secondary N) is 1. The average molecular weight is 583 g/mol. The number of carboxylic acid groups (broad SMARTS) is 2. The molecule has 2 aromatic carbocycles. The molecule has 2 heterocycles. The number of nitrogens with zero attached hydrogens (tertiary/aromatic N) is 2. The van der Waals surface area contributed by atoms with Gasteiger partial charge in [-0.1, -0.05) is 18.6 Å². The Balaban J connectivity index is 0.000000587. The number of benzene rings is 2. The van der Waals surface area contributed by atoms with Gasteiger partial charge in [0.1, 0.15) is 11.4 Å². The second-order valence-electron chi connectivity index (χ2n) is 9.70. The van der Waals surface area contributed by atoms with E-state index in [-0.39, 0.29) is 22.7 Å². The third kappa shape index (κ3) is 7.51. The van der Waals surface area contributed by atoms with Crippen molar-refractivity contribution >= 4 is 35.1 Å². The van der Waals surface area contributed by atoms with Crippen LogP contribution >= 0.6 is 0 Å². The number of hydrogen-bond acceptors (Lipinski definition) is 6. The van der Waals surface area contributed by atoms with Crippen LogP contribution < -0.4 is 16.0 Å². The van der Waals surface area contributed by atoms with Gasteiger partial charge in [0.2, 0.25) is 5.91 Å². The van der Waals surface area contributed by atoms with Gasteiger partial charge in [0.05, 0.1) is 16.8 Å². The third-order valence-corrected chi connectivity index (χ3v) is 7.22. The molecule has 0 saturated carbocycles. The normalized spacial score (nSPS) is 17.1. The number of anilines is 2. The van der Waals surface area contributed by atoms with Crippen LogP contribution in [0.4, 0.5) is 28.9 Å². The maximum atomic E-state index is 13.9. The zero-order valence-electron chi connectivity index (χ0n) is 21.9. The first-order valence-corrected chi connectivity index (χ1v) is 12.8. The van der Waals surface area contributed by atoms with Gasteiger partial charge in [0.15, 0.2) is 0 Å². The Morgan fingerprint density at radius 1 is 0.878 bits per heavy atom. The number of amides is 2. The topological polar surface area (TPSA) is 153 Å². The highest BCUT2D eigenvalue weighted by atomic mass is 19.4. The van der Waals surface area contributed by atoms with E-state index in [1.54, 1.807) is 6.07 Å². The molecule has 2 fully saturated rings. The standard InChI is InChI=1S/C25H29FN4O4.C2HF3O2/c26-20-7-3-2-6-18(20)22(31)28-21-9-8-17(16-19(21)23(32)33)29-14-10-25(11-15-29,24(27)34)30-12-4-1-5-13-30;3-2(4,5)1(6)7/h2-3,6-9,16H,1,4-5,10-15H2,(H2,27,34)(H,28,31)(H,32,33);(H,6,7). The number of nitrogens with two attached hydrogens (primary N) is 1. The van der Waals surface area contributed by atoms with Crippen molar-refractivity contribution in [2.24, 2.45) is 5.73 Å². The number of halogens is 4. The smallest absolute Gasteiger partial charge is 0.478 e. The van der Waals surface area contributed by atoms with Crippen LogP contribution in [0.3, 0.4) is 0 Å². The quantitative estimate of drug-likeness (QED) is 0.376. The number of carboxylic acids is 2. The highest BCUT2D eigenvalue weighted by molar-refractivity contribution is 6.08. The molecule has 4 rings (SSSR count). The van der Waals surface area contributed by atoms with Gasteiger partial charge in [0.25, 0.3) is 5.91 Å². The molecular formula is C27H30F4N4O6. The molecule has 0 aromatic heterocycles. The number of carbonyl (C=O) groups excluding carboxylic acids is 2. The first kappa shape index (κ1) is 31.3. The minimum atomic E-state index is -5.08. The summed E-state index contributed by atoms with van der Waals surface area (Å²) in [6.45, 7) is 2.84. The molecular weight excluding hydrogens is 552 g/mol. The number of hydrogen-bond donors (Lipinski definition) is 4. The molecule has 2 aliphatic rings. The molecule has 14 heteroatoms. The number of rotatable bonds is 6. The van der Waals surface area contributed by atoms with Gasteiger partial charge < -0.3 is 26.2 Å². The van der Waals surface area contributed by atoms with Crippen molar-refractivity contribution in [2.45, 2.75) is 43.8 Å². The summed E-state index contributed by atoms with van der Waals surface area (Å²) < 4.78 is 45.7. The van der Waals surface area contributed by atoms with Crippen LogP contribution in [0.2, 0.25) is 0 Å². The van der Waals surface area contributed by atoms with Crippen LogP contribution in [0.15, 0.2) is 42.5 Å². The van der Waals surface area contributed by atoms with Crippen molar-refractivity contribution < 1.29 is 47.0 Å². The molecule has 41 heavy (non-hydrogen) atoms. The molecule has 5 N–H and O–H groups in total. The van der Waals surface area contributed by atoms with E-state index < -0.39 is 35.4 Å². The lowest BCUT2D eigenvalue weighted by molar-refractivity contribution is -0.192. The van der Waals surface area contributed by atoms with E-state index in [1.165, 1.54) is 36.4 Å². The van der Waals surface area contributed by atoms with Crippen molar-refractivity contribution in [1.82, 2.24) is 4.90 Å². The van der Waals surface area contributed by atoms with Crippen LogP contribution in [0.5, 0.6) is 0 Å². The Bertz CT molecular complexity index is 1290. The molecule has 2 saturated heterocycles. The van der Waals surface area contributed by atoms with Crippen LogP contribution in [0, 0.1) is 5.82 Å². The molecule has 2 amide bonds. The number of aromatic carboxylic acids is 1. The van der Waals surface area contributed by atoms with E-state index in [9.17, 15) is 37.1 Å². The molecule has 222 valence electrons. The summed E-state index contributed by atoms with van der Waals surface area (Å²) in [5.74, 6) is -5.67. The molecule has 2 aliphatic heterocycles. The second-order valence-corrected chi connectivity index (χ2v) is 9.70. The predicted octanol–water partition coefficient (Wildman–Crippen LogP) is 3.72. The SMILES string of the molecule is NC(=O)C1(N2CCCCC2)CCN(c2ccc(NC(=O)c3ccccc3F)c(C(=O)O)c2)CC1.O=C(O)C(F)(F)F. The lowest BCUT2D eigenvalue weighted by Gasteiger charge is -2.48. The molecule has 10 nitrogen and oxygen atoms in total. The summed E-state index contributed by atoms with van der Waals surface area (Å²) in [4.78, 5) is 50.0. The highest BCUT2D eigenvalue weighted by Crippen LogP contribution is 2.34.